The zero-order valence-corrected chi connectivity index (χ0v) is 15.5. The summed E-state index contributed by atoms with van der Waals surface area (Å²) in [5.74, 6) is 0. The highest BCUT2D eigenvalue weighted by atomic mass is 35.6. The first-order valence-electron chi connectivity index (χ1n) is 5.82. The van der Waals surface area contributed by atoms with Crippen LogP contribution >= 0.6 is 53.8 Å². The van der Waals surface area contributed by atoms with E-state index in [0.29, 0.717) is 6.61 Å². The highest BCUT2D eigenvalue weighted by Gasteiger charge is 2.42. The van der Waals surface area contributed by atoms with Crippen molar-refractivity contribution in [1.29, 1.82) is 0 Å². The van der Waals surface area contributed by atoms with Gasteiger partial charge >= 0.3 is 0 Å². The van der Waals surface area contributed by atoms with E-state index < -0.39 is 10.9 Å². The first-order valence-corrected chi connectivity index (χ1v) is 9.40. The minimum atomic E-state index is -3.35. The molecule has 0 saturated carbocycles. The number of alkyl halides is 3. The van der Waals surface area contributed by atoms with Gasteiger partial charge in [0.15, 0.2) is 0 Å². The molecule has 0 saturated heterocycles. The summed E-state index contributed by atoms with van der Waals surface area (Å²) in [6.07, 6.45) is 4.76. The molecule has 0 bridgehead atoms. The fraction of sp³-hybridized carbons (Fsp3) is 0.818. The van der Waals surface area contributed by atoms with Crippen molar-refractivity contribution < 1.29 is 14.1 Å². The maximum Gasteiger partial charge on any atom is 0.281 e. The second kappa shape index (κ2) is 11.7. The molecule has 0 fully saturated rings. The number of allylic oxidation sites excluding steroid dienone is 2. The third-order valence-electron chi connectivity index (χ3n) is 1.88. The van der Waals surface area contributed by atoms with Gasteiger partial charge < -0.3 is 0 Å². The molecule has 0 aromatic carbocycles. The Morgan fingerprint density at radius 2 is 1.79 bits per heavy atom. The minimum Gasteiger partial charge on any atom is -0.286 e. The van der Waals surface area contributed by atoms with E-state index in [1.165, 1.54) is 6.66 Å². The highest BCUT2D eigenvalue weighted by molar-refractivity contribution is 7.66. The number of hydrogen-bond acceptors (Lipinski definition) is 3. The molecule has 0 aromatic heterocycles. The molecule has 0 aromatic rings. The van der Waals surface area contributed by atoms with Crippen LogP contribution in [0.25, 0.3) is 0 Å². The van der Waals surface area contributed by atoms with Gasteiger partial charge in [-0.1, -0.05) is 72.2 Å². The molecule has 116 valence electrons. The van der Waals surface area contributed by atoms with Crippen molar-refractivity contribution in [3.05, 3.63) is 11.1 Å². The van der Waals surface area contributed by atoms with Crippen molar-refractivity contribution in [2.24, 2.45) is 0 Å². The summed E-state index contributed by atoms with van der Waals surface area (Å²) >= 11 is 21.6. The van der Waals surface area contributed by atoms with Crippen LogP contribution in [0.2, 0.25) is 0 Å². The Hall–Kier alpha value is 1.05. The first-order chi connectivity index (χ1) is 8.58. The largest absolute Gasteiger partial charge is 0.286 e. The van der Waals surface area contributed by atoms with Crippen molar-refractivity contribution in [2.75, 3.05) is 13.3 Å². The molecule has 3 nitrogen and oxygen atoms in total. The van der Waals surface area contributed by atoms with E-state index in [-0.39, 0.29) is 0 Å². The quantitative estimate of drug-likeness (QED) is 0.175. The van der Waals surface area contributed by atoms with Crippen LogP contribution in [0, 0.1) is 0 Å². The van der Waals surface area contributed by atoms with Crippen molar-refractivity contribution in [3.8, 4) is 0 Å². The Bertz CT molecular complexity index is 299. The van der Waals surface area contributed by atoms with Crippen LogP contribution < -0.4 is 0 Å². The molecule has 0 spiro atoms. The van der Waals surface area contributed by atoms with Crippen LogP contribution in [-0.4, -0.2) is 16.8 Å². The van der Waals surface area contributed by atoms with E-state index in [4.69, 9.17) is 51.3 Å². The minimum absolute atomic E-state index is 0.354. The lowest BCUT2D eigenvalue weighted by atomic mass is 10.3. The van der Waals surface area contributed by atoms with E-state index in [1.54, 1.807) is 0 Å². The van der Waals surface area contributed by atoms with Crippen LogP contribution in [0.15, 0.2) is 11.1 Å². The molecule has 0 aliphatic rings. The molecule has 0 rings (SSSR count). The van der Waals surface area contributed by atoms with Gasteiger partial charge in [-0.3, -0.25) is 4.57 Å². The van der Waals surface area contributed by atoms with Crippen LogP contribution in [0.3, 0.4) is 0 Å². The topological polar surface area (TPSA) is 35.5 Å². The zero-order valence-electron chi connectivity index (χ0n) is 11.6. The predicted molar refractivity (Wildman–Crippen MR) is 85.7 cm³/mol. The summed E-state index contributed by atoms with van der Waals surface area (Å²) in [6.45, 7) is 7.39. The van der Waals surface area contributed by atoms with Gasteiger partial charge in [0.25, 0.3) is 10.9 Å². The molecular weight excluding hydrogens is 353 g/mol. The number of halogens is 4. The van der Waals surface area contributed by atoms with Crippen LogP contribution in [0.5, 0.6) is 0 Å². The fourth-order valence-electron chi connectivity index (χ4n) is 0.591. The van der Waals surface area contributed by atoms with Gasteiger partial charge in [0, 0.05) is 11.7 Å². The molecule has 0 N–H and O–H groups in total. The van der Waals surface area contributed by atoms with E-state index in [1.807, 2.05) is 19.9 Å². The summed E-state index contributed by atoms with van der Waals surface area (Å²) in [5, 5.41) is 0.852. The zero-order chi connectivity index (χ0) is 15.5. The molecule has 0 aliphatic carbocycles. The van der Waals surface area contributed by atoms with Crippen LogP contribution in [0.1, 0.15) is 40.0 Å². The summed E-state index contributed by atoms with van der Waals surface area (Å²) in [6, 6.07) is 0. The van der Waals surface area contributed by atoms with Gasteiger partial charge in [0.05, 0.1) is 6.61 Å². The SMILES string of the molecule is CC=C(C)Cl.CCCCCOOP(C)(=O)C(Cl)(Cl)Cl. The van der Waals surface area contributed by atoms with E-state index in [2.05, 4.69) is 11.6 Å². The standard InChI is InChI=1S/C7H14Cl3O3P.C4H7Cl/c1-3-4-5-6-12-13-14(2,11)7(8,9)10;1-3-4(2)5/h3-6H2,1-2H3;3H,1-2H3. The maximum atomic E-state index is 11.5. The molecule has 0 amide bonds. The molecule has 0 radical (unpaired) electrons. The monoisotopic (exact) mass is 372 g/mol. The van der Waals surface area contributed by atoms with E-state index >= 15 is 0 Å². The highest BCUT2D eigenvalue weighted by Crippen LogP contribution is 2.63. The van der Waals surface area contributed by atoms with Gasteiger partial charge in [0.2, 0.25) is 0 Å². The molecule has 0 aliphatic heterocycles. The Morgan fingerprint density at radius 3 is 2.11 bits per heavy atom. The number of hydrogen-bond donors (Lipinski definition) is 0. The normalized spacial score (nSPS) is 15.5. The molecule has 8 heteroatoms. The summed E-state index contributed by atoms with van der Waals surface area (Å²) in [4.78, 5) is 4.71. The van der Waals surface area contributed by atoms with Gasteiger partial charge in [-0.25, -0.2) is 4.89 Å². The molecular formula is C11H21Cl4O3P. The van der Waals surface area contributed by atoms with Crippen molar-refractivity contribution in [3.63, 3.8) is 0 Å². The Kier molecular flexibility index (Phi) is 13.7. The van der Waals surface area contributed by atoms with Crippen LogP contribution in [-0.2, 0) is 14.1 Å². The van der Waals surface area contributed by atoms with Crippen LogP contribution in [0.4, 0.5) is 0 Å². The Balaban J connectivity index is 0. The van der Waals surface area contributed by atoms with Gasteiger partial charge in [-0.15, -0.1) is 0 Å². The van der Waals surface area contributed by atoms with Gasteiger partial charge in [0.1, 0.15) is 0 Å². The van der Waals surface area contributed by atoms with Gasteiger partial charge in [-0.2, -0.15) is 4.67 Å². The number of unbranched alkanes of at least 4 members (excludes halogenated alkanes) is 2. The summed E-state index contributed by atoms with van der Waals surface area (Å²) in [7, 11) is -3.35. The molecule has 1 atom stereocenters. The first kappa shape index (κ1) is 22.3. The lowest BCUT2D eigenvalue weighted by Crippen LogP contribution is -2.07. The lowest BCUT2D eigenvalue weighted by molar-refractivity contribution is -0.205. The molecule has 1 unspecified atom stereocenters. The third-order valence-corrected chi connectivity index (χ3v) is 6.18. The average molecular weight is 374 g/mol. The fourth-order valence-corrected chi connectivity index (χ4v) is 1.20. The molecule has 0 heterocycles. The number of rotatable bonds is 6. The Labute approximate surface area is 135 Å². The Morgan fingerprint density at radius 1 is 1.32 bits per heavy atom. The predicted octanol–water partition coefficient (Wildman–Crippen LogP) is 6.51. The van der Waals surface area contributed by atoms with Crippen molar-refractivity contribution in [2.45, 2.75) is 43.6 Å². The van der Waals surface area contributed by atoms with E-state index in [9.17, 15) is 4.57 Å². The van der Waals surface area contributed by atoms with Crippen molar-refractivity contribution >= 4 is 53.8 Å². The lowest BCUT2D eigenvalue weighted by Gasteiger charge is -2.19. The second-order valence-electron chi connectivity index (χ2n) is 3.79. The summed E-state index contributed by atoms with van der Waals surface area (Å²) in [5.41, 5.74) is 0. The van der Waals surface area contributed by atoms with Gasteiger partial charge in [-0.05, 0) is 20.3 Å². The third kappa shape index (κ3) is 13.8. The average Bonchev–Trinajstić information content (AvgIpc) is 2.28. The smallest absolute Gasteiger partial charge is 0.281 e. The van der Waals surface area contributed by atoms with Crippen molar-refractivity contribution in [1.82, 2.24) is 0 Å². The second-order valence-corrected chi connectivity index (χ2v) is 9.97. The molecule has 19 heavy (non-hydrogen) atoms. The summed E-state index contributed by atoms with van der Waals surface area (Å²) < 4.78 is 14.2. The van der Waals surface area contributed by atoms with E-state index in [0.717, 1.165) is 24.3 Å². The maximum absolute atomic E-state index is 11.5.